The van der Waals surface area contributed by atoms with Crippen molar-refractivity contribution in [3.05, 3.63) is 23.8 Å². The van der Waals surface area contributed by atoms with E-state index < -0.39 is 20.5 Å². The van der Waals surface area contributed by atoms with Gasteiger partial charge in [-0.2, -0.15) is 0 Å². The molecule has 0 spiro atoms. The van der Waals surface area contributed by atoms with Crippen LogP contribution in [0.3, 0.4) is 0 Å². The number of benzene rings is 1. The number of piperidine rings is 1. The van der Waals surface area contributed by atoms with Gasteiger partial charge in [-0.15, -0.1) is 12.4 Å². The average molecular weight is 421 g/mol. The van der Waals surface area contributed by atoms with E-state index in [0.717, 1.165) is 18.2 Å². The predicted octanol–water partition coefficient (Wildman–Crippen LogP) is 1.69. The van der Waals surface area contributed by atoms with Gasteiger partial charge in [0, 0.05) is 12.8 Å². The van der Waals surface area contributed by atoms with Crippen molar-refractivity contribution >= 4 is 28.2 Å². The van der Waals surface area contributed by atoms with Crippen molar-refractivity contribution in [2.75, 3.05) is 33.1 Å². The van der Waals surface area contributed by atoms with Crippen molar-refractivity contribution in [1.82, 2.24) is 10.6 Å². The summed E-state index contributed by atoms with van der Waals surface area (Å²) in [7, 11) is -1.96. The number of amides is 1. The van der Waals surface area contributed by atoms with Gasteiger partial charge in [0.25, 0.3) is 0 Å². The molecule has 1 saturated heterocycles. The van der Waals surface area contributed by atoms with Crippen LogP contribution in [-0.2, 0) is 21.2 Å². The Balaban J connectivity index is 0.00000364. The number of sulfone groups is 1. The number of nitrogens with one attached hydrogen (secondary N) is 2. The molecule has 7 nitrogen and oxygen atoms in total. The van der Waals surface area contributed by atoms with Crippen LogP contribution in [0.2, 0.25) is 0 Å². The molecular formula is C18H29ClN2O5S. The molecule has 2 rings (SSSR count). The van der Waals surface area contributed by atoms with Gasteiger partial charge in [0.1, 0.15) is 0 Å². The second-order valence-electron chi connectivity index (χ2n) is 6.53. The summed E-state index contributed by atoms with van der Waals surface area (Å²) < 4.78 is 34.2. The minimum Gasteiger partial charge on any atom is -0.493 e. The third kappa shape index (κ3) is 5.49. The van der Waals surface area contributed by atoms with Gasteiger partial charge in [0.05, 0.1) is 13.7 Å². The molecule has 1 aliphatic rings. The summed E-state index contributed by atoms with van der Waals surface area (Å²) in [5, 5.41) is 5.89. The van der Waals surface area contributed by atoms with Gasteiger partial charge in [-0.25, -0.2) is 8.42 Å². The lowest BCUT2D eigenvalue weighted by atomic mass is 9.95. The summed E-state index contributed by atoms with van der Waals surface area (Å²) in [6, 6.07) is 5.43. The summed E-state index contributed by atoms with van der Waals surface area (Å²) in [6.07, 6.45) is 2.60. The van der Waals surface area contributed by atoms with Crippen molar-refractivity contribution in [1.29, 1.82) is 0 Å². The van der Waals surface area contributed by atoms with Crippen molar-refractivity contribution < 1.29 is 22.7 Å². The zero-order chi connectivity index (χ0) is 19.2. The quantitative estimate of drug-likeness (QED) is 0.664. The third-order valence-electron chi connectivity index (χ3n) is 4.68. The van der Waals surface area contributed by atoms with Crippen LogP contribution in [0.4, 0.5) is 0 Å². The lowest BCUT2D eigenvalue weighted by Crippen LogP contribution is -2.57. The van der Waals surface area contributed by atoms with E-state index in [0.29, 0.717) is 31.2 Å². The SMILES string of the molecule is CCCOc1ccc(CNC(=O)C2(S(C)(=O)=O)CCNCC2)cc1OC.Cl. The summed E-state index contributed by atoms with van der Waals surface area (Å²) in [4.78, 5) is 12.7. The Morgan fingerprint density at radius 1 is 1.26 bits per heavy atom. The Kier molecular flexibility index (Phi) is 8.84. The van der Waals surface area contributed by atoms with Crippen LogP contribution < -0.4 is 20.1 Å². The minimum absolute atomic E-state index is 0. The Morgan fingerprint density at radius 3 is 2.48 bits per heavy atom. The second kappa shape index (κ2) is 10.1. The smallest absolute Gasteiger partial charge is 0.241 e. The summed E-state index contributed by atoms with van der Waals surface area (Å²) in [6.45, 7) is 3.87. The number of halogens is 1. The molecule has 1 aromatic rings. The van der Waals surface area contributed by atoms with E-state index in [1.807, 2.05) is 13.0 Å². The third-order valence-corrected chi connectivity index (χ3v) is 6.69. The standard InChI is InChI=1S/C18H28N2O5S.ClH/c1-4-11-25-15-6-5-14(12-16(15)24-2)13-20-17(21)18(26(3,22)23)7-9-19-10-8-18;/h5-6,12,19H,4,7-11,13H2,1-3H3,(H,20,21);1H. The lowest BCUT2D eigenvalue weighted by Gasteiger charge is -2.34. The van der Waals surface area contributed by atoms with Gasteiger partial charge < -0.3 is 20.1 Å². The van der Waals surface area contributed by atoms with Gasteiger partial charge in [-0.1, -0.05) is 13.0 Å². The van der Waals surface area contributed by atoms with Crippen LogP contribution in [0.25, 0.3) is 0 Å². The highest BCUT2D eigenvalue weighted by molar-refractivity contribution is 7.92. The van der Waals surface area contributed by atoms with Crippen LogP contribution in [-0.4, -0.2) is 52.1 Å². The van der Waals surface area contributed by atoms with E-state index in [9.17, 15) is 13.2 Å². The average Bonchev–Trinajstić information content (AvgIpc) is 2.64. The Morgan fingerprint density at radius 2 is 1.93 bits per heavy atom. The number of rotatable bonds is 8. The van der Waals surface area contributed by atoms with Gasteiger partial charge in [-0.05, 0) is 50.0 Å². The van der Waals surface area contributed by atoms with E-state index in [1.54, 1.807) is 19.2 Å². The molecule has 9 heteroatoms. The molecule has 1 fully saturated rings. The summed E-state index contributed by atoms with van der Waals surface area (Å²) >= 11 is 0. The molecule has 0 bridgehead atoms. The molecule has 1 heterocycles. The molecule has 0 aromatic heterocycles. The maximum atomic E-state index is 12.7. The molecule has 0 unspecified atom stereocenters. The van der Waals surface area contributed by atoms with E-state index >= 15 is 0 Å². The molecule has 2 N–H and O–H groups in total. The number of carbonyl (C=O) groups excluding carboxylic acids is 1. The monoisotopic (exact) mass is 420 g/mol. The molecular weight excluding hydrogens is 392 g/mol. The number of carbonyl (C=O) groups is 1. The van der Waals surface area contributed by atoms with Crippen molar-refractivity contribution in [2.45, 2.75) is 37.5 Å². The van der Waals surface area contributed by atoms with Gasteiger partial charge in [0.2, 0.25) is 5.91 Å². The van der Waals surface area contributed by atoms with Crippen molar-refractivity contribution in [2.24, 2.45) is 0 Å². The van der Waals surface area contributed by atoms with Gasteiger partial charge in [0.15, 0.2) is 26.1 Å². The molecule has 27 heavy (non-hydrogen) atoms. The maximum absolute atomic E-state index is 12.7. The predicted molar refractivity (Wildman–Crippen MR) is 108 cm³/mol. The second-order valence-corrected chi connectivity index (χ2v) is 8.86. The van der Waals surface area contributed by atoms with Crippen molar-refractivity contribution in [3.63, 3.8) is 0 Å². The molecule has 0 saturated carbocycles. The highest BCUT2D eigenvalue weighted by Crippen LogP contribution is 2.30. The first-order valence-electron chi connectivity index (χ1n) is 8.82. The number of ether oxygens (including phenoxy) is 2. The lowest BCUT2D eigenvalue weighted by molar-refractivity contribution is -0.124. The number of hydrogen-bond donors (Lipinski definition) is 2. The van der Waals surface area contributed by atoms with E-state index in [1.165, 1.54) is 0 Å². The van der Waals surface area contributed by atoms with E-state index in [4.69, 9.17) is 9.47 Å². The van der Waals surface area contributed by atoms with Crippen LogP contribution in [0.5, 0.6) is 11.5 Å². The van der Waals surface area contributed by atoms with E-state index in [-0.39, 0.29) is 31.8 Å². The molecule has 0 aliphatic carbocycles. The molecule has 1 amide bonds. The zero-order valence-corrected chi connectivity index (χ0v) is 17.7. The van der Waals surface area contributed by atoms with E-state index in [2.05, 4.69) is 10.6 Å². The first-order valence-corrected chi connectivity index (χ1v) is 10.7. The van der Waals surface area contributed by atoms with Gasteiger partial charge in [-0.3, -0.25) is 4.79 Å². The fourth-order valence-corrected chi connectivity index (χ4v) is 4.45. The topological polar surface area (TPSA) is 93.7 Å². The van der Waals surface area contributed by atoms with Crippen LogP contribution >= 0.6 is 12.4 Å². The Bertz CT molecular complexity index is 733. The molecule has 1 aromatic carbocycles. The highest BCUT2D eigenvalue weighted by atomic mass is 35.5. The maximum Gasteiger partial charge on any atom is 0.241 e. The van der Waals surface area contributed by atoms with Crippen LogP contribution in [0.15, 0.2) is 18.2 Å². The summed E-state index contributed by atoms with van der Waals surface area (Å²) in [5.74, 6) is 0.798. The molecule has 1 aliphatic heterocycles. The van der Waals surface area contributed by atoms with Crippen LogP contribution in [0, 0.1) is 0 Å². The fraction of sp³-hybridized carbons (Fsp3) is 0.611. The first kappa shape index (κ1) is 23.5. The number of hydrogen-bond acceptors (Lipinski definition) is 6. The molecule has 154 valence electrons. The fourth-order valence-electron chi connectivity index (χ4n) is 3.09. The number of methoxy groups -OCH3 is 1. The van der Waals surface area contributed by atoms with Crippen molar-refractivity contribution in [3.8, 4) is 11.5 Å². The molecule has 0 radical (unpaired) electrons. The zero-order valence-electron chi connectivity index (χ0n) is 16.0. The van der Waals surface area contributed by atoms with Gasteiger partial charge >= 0.3 is 0 Å². The largest absolute Gasteiger partial charge is 0.493 e. The summed E-state index contributed by atoms with van der Waals surface area (Å²) in [5.41, 5.74) is 0.816. The minimum atomic E-state index is -3.52. The Hall–Kier alpha value is -1.51. The molecule has 0 atom stereocenters. The highest BCUT2D eigenvalue weighted by Gasteiger charge is 2.48. The first-order chi connectivity index (χ1) is 12.3. The normalized spacial score (nSPS) is 16.1. The Labute approximate surface area is 167 Å². The van der Waals surface area contributed by atoms with Crippen LogP contribution in [0.1, 0.15) is 31.7 Å².